The van der Waals surface area contributed by atoms with Crippen LogP contribution in [0.4, 0.5) is 0 Å². The summed E-state index contributed by atoms with van der Waals surface area (Å²) in [5.41, 5.74) is 1.17. The van der Waals surface area contributed by atoms with Gasteiger partial charge in [-0.3, -0.25) is 0 Å². The highest BCUT2D eigenvalue weighted by molar-refractivity contribution is 5.46. The Morgan fingerprint density at radius 1 is 1.19 bits per heavy atom. The molecule has 1 aliphatic carbocycles. The van der Waals surface area contributed by atoms with E-state index in [1.54, 1.807) is 0 Å². The third-order valence-corrected chi connectivity index (χ3v) is 3.86. The summed E-state index contributed by atoms with van der Waals surface area (Å²) in [6.45, 7) is 5.07. The van der Waals surface area contributed by atoms with Gasteiger partial charge in [-0.15, -0.1) is 0 Å². The van der Waals surface area contributed by atoms with Crippen LogP contribution in [0, 0.1) is 5.92 Å². The van der Waals surface area contributed by atoms with Crippen molar-refractivity contribution < 1.29 is 14.2 Å². The van der Waals surface area contributed by atoms with Crippen LogP contribution in [-0.4, -0.2) is 33.0 Å². The van der Waals surface area contributed by atoms with Gasteiger partial charge in [0.2, 0.25) is 0 Å². The molecule has 0 saturated heterocycles. The summed E-state index contributed by atoms with van der Waals surface area (Å²) in [7, 11) is 0. The van der Waals surface area contributed by atoms with Crippen molar-refractivity contribution in [3.63, 3.8) is 0 Å². The second-order valence-electron chi connectivity index (χ2n) is 5.84. The number of hydrogen-bond donors (Lipinski definition) is 1. The van der Waals surface area contributed by atoms with Gasteiger partial charge in [-0.05, 0) is 37.8 Å². The van der Waals surface area contributed by atoms with Gasteiger partial charge >= 0.3 is 0 Å². The monoisotopic (exact) mass is 291 g/mol. The molecule has 0 aromatic heterocycles. The first-order valence-electron chi connectivity index (χ1n) is 8.09. The van der Waals surface area contributed by atoms with Gasteiger partial charge < -0.3 is 19.5 Å². The average molecular weight is 291 g/mol. The molecule has 1 aliphatic heterocycles. The zero-order chi connectivity index (χ0) is 14.3. The molecule has 3 rings (SSSR count). The van der Waals surface area contributed by atoms with Gasteiger partial charge in [0.05, 0.1) is 13.2 Å². The summed E-state index contributed by atoms with van der Waals surface area (Å²) >= 11 is 0. The zero-order valence-electron chi connectivity index (χ0n) is 12.6. The fourth-order valence-electron chi connectivity index (χ4n) is 2.45. The van der Waals surface area contributed by atoms with Crippen molar-refractivity contribution in [1.82, 2.24) is 5.32 Å². The van der Waals surface area contributed by atoms with E-state index >= 15 is 0 Å². The predicted molar refractivity (Wildman–Crippen MR) is 81.9 cm³/mol. The molecule has 1 N–H and O–H groups in total. The Morgan fingerprint density at radius 3 is 3.00 bits per heavy atom. The average Bonchev–Trinajstić information content (AvgIpc) is 3.32. The topological polar surface area (TPSA) is 39.7 Å². The lowest BCUT2D eigenvalue weighted by atomic mass is 10.2. The van der Waals surface area contributed by atoms with E-state index in [4.69, 9.17) is 14.2 Å². The maximum atomic E-state index is 5.82. The van der Waals surface area contributed by atoms with Crippen molar-refractivity contribution >= 4 is 0 Å². The normalized spacial score (nSPS) is 17.5. The molecular weight excluding hydrogens is 266 g/mol. The highest BCUT2D eigenvalue weighted by atomic mass is 16.5. The van der Waals surface area contributed by atoms with E-state index in [1.165, 1.54) is 18.4 Å². The molecule has 4 nitrogen and oxygen atoms in total. The minimum atomic E-state index is 0.735. The Balaban J connectivity index is 1.38. The summed E-state index contributed by atoms with van der Waals surface area (Å²) in [6.07, 6.45) is 4.72. The van der Waals surface area contributed by atoms with Crippen LogP contribution in [0.2, 0.25) is 0 Å². The van der Waals surface area contributed by atoms with Gasteiger partial charge in [0, 0.05) is 31.7 Å². The molecule has 0 bridgehead atoms. The maximum Gasteiger partial charge on any atom is 0.165 e. The van der Waals surface area contributed by atoms with Crippen molar-refractivity contribution in [1.29, 1.82) is 0 Å². The number of nitrogens with one attached hydrogen (secondary N) is 1. The van der Waals surface area contributed by atoms with E-state index in [9.17, 15) is 0 Å². The largest absolute Gasteiger partial charge is 0.490 e. The summed E-state index contributed by atoms with van der Waals surface area (Å²) in [5.74, 6) is 2.64. The summed E-state index contributed by atoms with van der Waals surface area (Å²) in [5, 5.41) is 3.46. The predicted octanol–water partition coefficient (Wildman–Crippen LogP) is 2.75. The first-order chi connectivity index (χ1) is 10.4. The molecule has 1 aromatic carbocycles. The summed E-state index contributed by atoms with van der Waals surface area (Å²) in [4.78, 5) is 0. The lowest BCUT2D eigenvalue weighted by Gasteiger charge is -2.13. The summed E-state index contributed by atoms with van der Waals surface area (Å²) in [6, 6.07) is 6.11. The van der Waals surface area contributed by atoms with Gasteiger partial charge in [-0.1, -0.05) is 12.1 Å². The van der Waals surface area contributed by atoms with Gasteiger partial charge in [0.1, 0.15) is 0 Å². The second-order valence-corrected chi connectivity index (χ2v) is 5.84. The van der Waals surface area contributed by atoms with E-state index in [-0.39, 0.29) is 0 Å². The van der Waals surface area contributed by atoms with Crippen LogP contribution in [0.15, 0.2) is 18.2 Å². The Labute approximate surface area is 126 Å². The lowest BCUT2D eigenvalue weighted by Crippen LogP contribution is -2.17. The van der Waals surface area contributed by atoms with Crippen molar-refractivity contribution in [2.24, 2.45) is 5.92 Å². The molecule has 0 radical (unpaired) electrons. The molecule has 0 atom stereocenters. The molecule has 2 aliphatic rings. The number of para-hydroxylation sites is 1. The Hall–Kier alpha value is -1.26. The Kier molecular flexibility index (Phi) is 5.35. The van der Waals surface area contributed by atoms with E-state index < -0.39 is 0 Å². The third-order valence-electron chi connectivity index (χ3n) is 3.86. The molecule has 116 valence electrons. The van der Waals surface area contributed by atoms with E-state index in [2.05, 4.69) is 11.4 Å². The second kappa shape index (κ2) is 7.66. The van der Waals surface area contributed by atoms with Crippen LogP contribution >= 0.6 is 0 Å². The van der Waals surface area contributed by atoms with Crippen LogP contribution < -0.4 is 14.8 Å². The fraction of sp³-hybridized carbons (Fsp3) is 0.647. The molecule has 1 fully saturated rings. The SMILES string of the molecule is c1cc(CNCCCOCC2CC2)c2c(c1)OCCCO2. The molecule has 0 unspecified atom stereocenters. The van der Waals surface area contributed by atoms with Gasteiger partial charge in [-0.2, -0.15) is 0 Å². The van der Waals surface area contributed by atoms with Gasteiger partial charge in [-0.25, -0.2) is 0 Å². The number of rotatable bonds is 8. The quantitative estimate of drug-likeness (QED) is 0.748. The zero-order valence-corrected chi connectivity index (χ0v) is 12.6. The van der Waals surface area contributed by atoms with E-state index in [0.29, 0.717) is 0 Å². The van der Waals surface area contributed by atoms with Gasteiger partial charge in [0.15, 0.2) is 11.5 Å². The van der Waals surface area contributed by atoms with Crippen LogP contribution in [0.5, 0.6) is 11.5 Å². The third kappa shape index (κ3) is 4.61. The molecule has 4 heteroatoms. The highest BCUT2D eigenvalue weighted by Gasteiger charge is 2.20. The van der Waals surface area contributed by atoms with Crippen molar-refractivity contribution in [3.05, 3.63) is 23.8 Å². The van der Waals surface area contributed by atoms with Crippen molar-refractivity contribution in [2.75, 3.05) is 33.0 Å². The first-order valence-corrected chi connectivity index (χ1v) is 8.09. The fourth-order valence-corrected chi connectivity index (χ4v) is 2.45. The molecule has 0 amide bonds. The minimum absolute atomic E-state index is 0.735. The first kappa shape index (κ1) is 14.7. The number of ether oxygens (including phenoxy) is 3. The standard InChI is InChI=1S/C17H25NO3/c1-4-15(17-16(5-1)20-10-3-11-21-17)12-18-8-2-9-19-13-14-6-7-14/h1,4-5,14,18H,2-3,6-13H2. The lowest BCUT2D eigenvalue weighted by molar-refractivity contribution is 0.122. The van der Waals surface area contributed by atoms with Crippen LogP contribution in [-0.2, 0) is 11.3 Å². The highest BCUT2D eigenvalue weighted by Crippen LogP contribution is 2.33. The smallest absolute Gasteiger partial charge is 0.165 e. The molecule has 1 saturated carbocycles. The van der Waals surface area contributed by atoms with Crippen molar-refractivity contribution in [3.8, 4) is 11.5 Å². The summed E-state index contributed by atoms with van der Waals surface area (Å²) < 4.78 is 17.2. The van der Waals surface area contributed by atoms with Crippen LogP contribution in [0.1, 0.15) is 31.2 Å². The molecule has 0 spiro atoms. The van der Waals surface area contributed by atoms with E-state index in [1.807, 2.05) is 12.1 Å². The van der Waals surface area contributed by atoms with E-state index in [0.717, 1.165) is 69.8 Å². The minimum Gasteiger partial charge on any atom is -0.490 e. The number of fused-ring (bicyclic) bond motifs is 1. The Bertz CT molecular complexity index is 446. The number of hydrogen-bond acceptors (Lipinski definition) is 4. The molecule has 1 heterocycles. The number of benzene rings is 1. The Morgan fingerprint density at radius 2 is 2.10 bits per heavy atom. The molecular formula is C17H25NO3. The van der Waals surface area contributed by atoms with Crippen molar-refractivity contribution in [2.45, 2.75) is 32.2 Å². The van der Waals surface area contributed by atoms with Crippen LogP contribution in [0.25, 0.3) is 0 Å². The van der Waals surface area contributed by atoms with Crippen LogP contribution in [0.3, 0.4) is 0 Å². The molecule has 1 aromatic rings. The maximum absolute atomic E-state index is 5.82. The molecule has 21 heavy (non-hydrogen) atoms. The van der Waals surface area contributed by atoms with Gasteiger partial charge in [0.25, 0.3) is 0 Å².